The van der Waals surface area contributed by atoms with Crippen molar-refractivity contribution >= 4 is 17.7 Å². The summed E-state index contributed by atoms with van der Waals surface area (Å²) in [6, 6.07) is -0.658. The summed E-state index contributed by atoms with van der Waals surface area (Å²) < 4.78 is 0. The molecule has 0 spiro atoms. The van der Waals surface area contributed by atoms with E-state index in [-0.39, 0.29) is 12.4 Å². The number of nitrogens with zero attached hydrogens (tertiary/aromatic N) is 3. The lowest BCUT2D eigenvalue weighted by Crippen LogP contribution is -2.59. The van der Waals surface area contributed by atoms with Gasteiger partial charge in [0, 0.05) is 0 Å². The van der Waals surface area contributed by atoms with Crippen molar-refractivity contribution in [1.82, 2.24) is 25.4 Å². The lowest BCUT2D eigenvalue weighted by Gasteiger charge is -2.32. The average Bonchev–Trinajstić information content (AvgIpc) is 2.74. The Morgan fingerprint density at radius 3 is 2.78 bits per heavy atom. The lowest BCUT2D eigenvalue weighted by molar-refractivity contribution is -0.138. The number of carbonyl (C=O) groups is 3. The minimum absolute atomic E-state index is 0.0338. The van der Waals surface area contributed by atoms with Crippen LogP contribution in [0.15, 0.2) is 0 Å². The number of aromatic nitrogens is 3. The molecule has 1 aliphatic rings. The van der Waals surface area contributed by atoms with E-state index < -0.39 is 23.8 Å². The first-order chi connectivity index (χ1) is 8.52. The fraction of sp³-hybridized carbons (Fsp3) is 0.500. The highest BCUT2D eigenvalue weighted by molar-refractivity contribution is 6.06. The average molecular weight is 251 g/mol. The Bertz CT molecular complexity index is 509. The van der Waals surface area contributed by atoms with E-state index in [4.69, 9.17) is 0 Å². The summed E-state index contributed by atoms with van der Waals surface area (Å²) in [7, 11) is 0. The van der Waals surface area contributed by atoms with Crippen molar-refractivity contribution < 1.29 is 14.4 Å². The van der Waals surface area contributed by atoms with Gasteiger partial charge in [-0.3, -0.25) is 24.8 Å². The Hall–Kier alpha value is -2.25. The van der Waals surface area contributed by atoms with Crippen LogP contribution < -0.4 is 5.32 Å². The molecule has 0 aromatic carbocycles. The Labute approximate surface area is 103 Å². The van der Waals surface area contributed by atoms with E-state index in [0.717, 1.165) is 0 Å². The minimum atomic E-state index is -0.658. The highest BCUT2D eigenvalue weighted by atomic mass is 16.2. The van der Waals surface area contributed by atoms with E-state index in [2.05, 4.69) is 20.5 Å². The van der Waals surface area contributed by atoms with Gasteiger partial charge < -0.3 is 4.90 Å². The molecular weight excluding hydrogens is 238 g/mol. The van der Waals surface area contributed by atoms with Crippen molar-refractivity contribution in [3.05, 3.63) is 11.6 Å². The largest absolute Gasteiger partial charge is 0.315 e. The van der Waals surface area contributed by atoms with Gasteiger partial charge in [-0.05, 0) is 13.3 Å². The van der Waals surface area contributed by atoms with Crippen LogP contribution in [-0.2, 0) is 9.59 Å². The third-order valence-electron chi connectivity index (χ3n) is 2.69. The Morgan fingerprint density at radius 2 is 2.22 bits per heavy atom. The van der Waals surface area contributed by atoms with E-state index in [9.17, 15) is 14.4 Å². The molecule has 1 aromatic heterocycles. The Kier molecular flexibility index (Phi) is 3.09. The number of H-pyrrole nitrogens is 1. The maximum absolute atomic E-state index is 12.1. The van der Waals surface area contributed by atoms with Crippen LogP contribution in [0.5, 0.6) is 0 Å². The highest BCUT2D eigenvalue weighted by Crippen LogP contribution is 2.12. The zero-order valence-corrected chi connectivity index (χ0v) is 10.1. The molecule has 2 N–H and O–H groups in total. The first-order valence-corrected chi connectivity index (χ1v) is 5.56. The van der Waals surface area contributed by atoms with Crippen molar-refractivity contribution in [2.75, 3.05) is 6.54 Å². The normalized spacial score (nSPS) is 19.9. The number of hydrogen-bond acceptors (Lipinski definition) is 5. The number of piperazine rings is 1. The second kappa shape index (κ2) is 4.55. The predicted octanol–water partition coefficient (Wildman–Crippen LogP) is -1.01. The van der Waals surface area contributed by atoms with Crippen LogP contribution in [0.1, 0.15) is 29.8 Å². The van der Waals surface area contributed by atoms with Gasteiger partial charge in [-0.25, -0.2) is 4.98 Å². The van der Waals surface area contributed by atoms with Gasteiger partial charge in [0.1, 0.15) is 18.4 Å². The molecule has 0 saturated carbocycles. The number of rotatable bonds is 2. The molecule has 0 radical (unpaired) electrons. The van der Waals surface area contributed by atoms with Crippen LogP contribution in [0.4, 0.5) is 0 Å². The zero-order valence-electron chi connectivity index (χ0n) is 10.1. The zero-order chi connectivity index (χ0) is 13.3. The number of amides is 3. The first kappa shape index (κ1) is 12.2. The molecule has 8 heteroatoms. The summed E-state index contributed by atoms with van der Waals surface area (Å²) >= 11 is 0. The molecule has 1 aromatic rings. The van der Waals surface area contributed by atoms with Gasteiger partial charge >= 0.3 is 0 Å². The standard InChI is InChI=1S/C10H13N5O3/c1-3-6-9(17)12-7(16)4-15(6)10(18)8-11-5(2)13-14-8/h6H,3-4H2,1-2H3,(H,11,13,14)(H,12,16,17). The second-order valence-electron chi connectivity index (χ2n) is 4.01. The van der Waals surface area contributed by atoms with E-state index in [1.54, 1.807) is 13.8 Å². The quantitative estimate of drug-likeness (QED) is 0.655. The number of imide groups is 1. The van der Waals surface area contributed by atoms with Crippen LogP contribution in [0.3, 0.4) is 0 Å². The van der Waals surface area contributed by atoms with Gasteiger partial charge in [-0.1, -0.05) is 6.92 Å². The maximum atomic E-state index is 12.1. The molecule has 1 atom stereocenters. The van der Waals surface area contributed by atoms with E-state index >= 15 is 0 Å². The third-order valence-corrected chi connectivity index (χ3v) is 2.69. The van der Waals surface area contributed by atoms with Gasteiger partial charge in [0.2, 0.25) is 17.6 Å². The molecular formula is C10H13N5O3. The molecule has 3 amide bonds. The number of carbonyl (C=O) groups excluding carboxylic acids is 3. The predicted molar refractivity (Wildman–Crippen MR) is 59.4 cm³/mol. The molecule has 1 unspecified atom stereocenters. The smallest absolute Gasteiger partial charge is 0.294 e. The molecule has 1 aliphatic heterocycles. The van der Waals surface area contributed by atoms with Gasteiger partial charge in [0.05, 0.1) is 0 Å². The van der Waals surface area contributed by atoms with Crippen LogP contribution in [0.2, 0.25) is 0 Å². The highest BCUT2D eigenvalue weighted by Gasteiger charge is 2.37. The van der Waals surface area contributed by atoms with E-state index in [1.165, 1.54) is 4.90 Å². The molecule has 0 aliphatic carbocycles. The SMILES string of the molecule is CCC1C(=O)NC(=O)CN1C(=O)c1n[nH]c(C)n1. The molecule has 2 heterocycles. The third kappa shape index (κ3) is 2.08. The van der Waals surface area contributed by atoms with E-state index in [1.807, 2.05) is 0 Å². The summed E-state index contributed by atoms with van der Waals surface area (Å²) in [5.74, 6) is -1.01. The Morgan fingerprint density at radius 1 is 1.50 bits per heavy atom. The van der Waals surface area contributed by atoms with E-state index in [0.29, 0.717) is 12.2 Å². The number of nitrogens with one attached hydrogen (secondary N) is 2. The van der Waals surface area contributed by atoms with Crippen molar-refractivity contribution in [1.29, 1.82) is 0 Å². The fourth-order valence-corrected chi connectivity index (χ4v) is 1.85. The molecule has 1 fully saturated rings. The molecule has 1 saturated heterocycles. The Balaban J connectivity index is 2.26. The summed E-state index contributed by atoms with van der Waals surface area (Å²) in [5.41, 5.74) is 0. The van der Waals surface area contributed by atoms with Crippen LogP contribution in [0, 0.1) is 6.92 Å². The van der Waals surface area contributed by atoms with Crippen molar-refractivity contribution in [3.8, 4) is 0 Å². The monoisotopic (exact) mass is 251 g/mol. The van der Waals surface area contributed by atoms with Gasteiger partial charge in [0.25, 0.3) is 5.91 Å². The van der Waals surface area contributed by atoms with Gasteiger partial charge in [0.15, 0.2) is 0 Å². The number of aromatic amines is 1. The van der Waals surface area contributed by atoms with Gasteiger partial charge in [-0.15, -0.1) is 5.10 Å². The van der Waals surface area contributed by atoms with Crippen LogP contribution >= 0.6 is 0 Å². The summed E-state index contributed by atoms with van der Waals surface area (Å²) in [4.78, 5) is 40.1. The summed E-state index contributed by atoms with van der Waals surface area (Å²) in [5, 5.41) is 8.49. The molecule has 2 rings (SSSR count). The first-order valence-electron chi connectivity index (χ1n) is 5.56. The molecule has 96 valence electrons. The second-order valence-corrected chi connectivity index (χ2v) is 4.01. The molecule has 18 heavy (non-hydrogen) atoms. The summed E-state index contributed by atoms with van der Waals surface area (Å²) in [6.07, 6.45) is 0.425. The van der Waals surface area contributed by atoms with Gasteiger partial charge in [-0.2, -0.15) is 0 Å². The van der Waals surface area contributed by atoms with Crippen LogP contribution in [-0.4, -0.2) is 50.4 Å². The number of hydrogen-bond donors (Lipinski definition) is 2. The molecule has 0 bridgehead atoms. The minimum Gasteiger partial charge on any atom is -0.315 e. The lowest BCUT2D eigenvalue weighted by atomic mass is 10.1. The van der Waals surface area contributed by atoms with Crippen molar-refractivity contribution in [2.45, 2.75) is 26.3 Å². The fourth-order valence-electron chi connectivity index (χ4n) is 1.85. The van der Waals surface area contributed by atoms with Crippen LogP contribution in [0.25, 0.3) is 0 Å². The van der Waals surface area contributed by atoms with Crippen molar-refractivity contribution in [3.63, 3.8) is 0 Å². The topological polar surface area (TPSA) is 108 Å². The summed E-state index contributed by atoms with van der Waals surface area (Å²) in [6.45, 7) is 3.27. The maximum Gasteiger partial charge on any atom is 0.294 e. The van der Waals surface area contributed by atoms with Crippen molar-refractivity contribution in [2.24, 2.45) is 0 Å². The number of aryl methyl sites for hydroxylation is 1. The molecule has 8 nitrogen and oxygen atoms in total.